The van der Waals surface area contributed by atoms with Crippen LogP contribution in [0.1, 0.15) is 66.2 Å². The van der Waals surface area contributed by atoms with Gasteiger partial charge in [-0.1, -0.05) is 71.4 Å². The van der Waals surface area contributed by atoms with Gasteiger partial charge in [-0.2, -0.15) is 0 Å². The summed E-state index contributed by atoms with van der Waals surface area (Å²) in [7, 11) is 2.81. The minimum absolute atomic E-state index is 0.655. The second-order valence-electron chi connectivity index (χ2n) is 8.24. The van der Waals surface area contributed by atoms with E-state index in [1.165, 1.54) is 38.5 Å². The topological polar surface area (TPSA) is 0 Å². The Kier molecular flexibility index (Phi) is 3.31. The molecule has 4 aliphatic carbocycles. The molecular formula is C17H30B. The highest BCUT2D eigenvalue weighted by atomic mass is 14.6. The van der Waals surface area contributed by atoms with Crippen LogP contribution in [0.3, 0.4) is 0 Å². The molecule has 2 bridgehead atoms. The highest BCUT2D eigenvalue weighted by Gasteiger charge is 2.56. The molecule has 0 N–H and O–H groups in total. The van der Waals surface area contributed by atoms with E-state index < -0.39 is 0 Å². The fourth-order valence-electron chi connectivity index (χ4n) is 5.39. The first-order valence-corrected chi connectivity index (χ1v) is 8.35. The van der Waals surface area contributed by atoms with Crippen molar-refractivity contribution in [1.82, 2.24) is 0 Å². The molecule has 0 spiro atoms. The average molecular weight is 245 g/mol. The molecule has 0 nitrogen and oxygen atoms in total. The van der Waals surface area contributed by atoms with Gasteiger partial charge in [0, 0.05) is 0 Å². The maximum absolute atomic E-state index is 2.81. The second-order valence-corrected chi connectivity index (χ2v) is 8.24. The lowest BCUT2D eigenvalue weighted by Gasteiger charge is -2.62. The molecule has 4 fully saturated rings. The van der Waals surface area contributed by atoms with E-state index in [-0.39, 0.29) is 0 Å². The quantitative estimate of drug-likeness (QED) is 0.588. The molecule has 0 aromatic heterocycles. The van der Waals surface area contributed by atoms with Crippen LogP contribution in [-0.4, -0.2) is 7.28 Å². The van der Waals surface area contributed by atoms with Crippen LogP contribution in [0.2, 0.25) is 11.6 Å². The van der Waals surface area contributed by atoms with Crippen LogP contribution in [-0.2, 0) is 0 Å². The normalized spacial score (nSPS) is 50.4. The molecule has 0 aliphatic heterocycles. The Labute approximate surface area is 115 Å². The lowest BCUT2D eigenvalue weighted by molar-refractivity contribution is -0.0988. The number of hydrogen-bond acceptors (Lipinski definition) is 0. The molecule has 4 saturated carbocycles. The van der Waals surface area contributed by atoms with Gasteiger partial charge in [-0.15, -0.1) is 0 Å². The smallest absolute Gasteiger partial charge is 0.0660 e. The Morgan fingerprint density at radius 1 is 0.944 bits per heavy atom. The molecule has 1 heteroatoms. The predicted octanol–water partition coefficient (Wildman–Crippen LogP) is 5.18. The molecule has 101 valence electrons. The van der Waals surface area contributed by atoms with Crippen LogP contribution in [0.5, 0.6) is 0 Å². The van der Waals surface area contributed by atoms with Gasteiger partial charge in [-0.05, 0) is 35.5 Å². The van der Waals surface area contributed by atoms with E-state index in [0.717, 1.165) is 35.3 Å². The zero-order valence-electron chi connectivity index (χ0n) is 12.8. The van der Waals surface area contributed by atoms with Crippen LogP contribution < -0.4 is 0 Å². The molecule has 4 rings (SSSR count). The SMILES string of the molecule is C[C@H]1[C@H]([B][C@H]2CCCC[C@@H]2C)C[C@@H]2C[C@H]1C2(C)C. The molecule has 0 amide bonds. The molecule has 6 atom stereocenters. The summed E-state index contributed by atoms with van der Waals surface area (Å²) in [6, 6.07) is 0. The zero-order valence-corrected chi connectivity index (χ0v) is 12.8. The molecule has 0 heterocycles. The fraction of sp³-hybridized carbons (Fsp3) is 1.00. The Bertz CT molecular complexity index is 309. The van der Waals surface area contributed by atoms with E-state index >= 15 is 0 Å². The van der Waals surface area contributed by atoms with Gasteiger partial charge in [-0.25, -0.2) is 0 Å². The summed E-state index contributed by atoms with van der Waals surface area (Å²) in [5.74, 6) is 5.81. The minimum Gasteiger partial charge on any atom is -0.0660 e. The van der Waals surface area contributed by atoms with Gasteiger partial charge in [-0.3, -0.25) is 0 Å². The Morgan fingerprint density at radius 3 is 2.28 bits per heavy atom. The van der Waals surface area contributed by atoms with Gasteiger partial charge in [0.2, 0.25) is 0 Å². The van der Waals surface area contributed by atoms with Crippen molar-refractivity contribution in [2.24, 2.45) is 29.1 Å². The fourth-order valence-corrected chi connectivity index (χ4v) is 5.39. The highest BCUT2D eigenvalue weighted by molar-refractivity contribution is 6.40. The van der Waals surface area contributed by atoms with Crippen LogP contribution in [0.25, 0.3) is 0 Å². The van der Waals surface area contributed by atoms with Gasteiger partial charge >= 0.3 is 0 Å². The van der Waals surface area contributed by atoms with Crippen molar-refractivity contribution < 1.29 is 0 Å². The van der Waals surface area contributed by atoms with E-state index in [2.05, 4.69) is 35.0 Å². The third-order valence-corrected chi connectivity index (χ3v) is 7.09. The summed E-state index contributed by atoms with van der Waals surface area (Å²) in [6.07, 6.45) is 8.92. The van der Waals surface area contributed by atoms with Crippen LogP contribution in [0, 0.1) is 29.1 Å². The van der Waals surface area contributed by atoms with Crippen LogP contribution in [0.4, 0.5) is 0 Å². The van der Waals surface area contributed by atoms with Gasteiger partial charge in [0.25, 0.3) is 0 Å². The number of hydrogen-bond donors (Lipinski definition) is 0. The molecule has 0 unspecified atom stereocenters. The lowest BCUT2D eigenvalue weighted by Crippen LogP contribution is -2.54. The molecular weight excluding hydrogens is 215 g/mol. The first kappa shape index (κ1) is 13.1. The van der Waals surface area contributed by atoms with E-state index in [1.54, 1.807) is 0 Å². The van der Waals surface area contributed by atoms with Crippen molar-refractivity contribution in [1.29, 1.82) is 0 Å². The monoisotopic (exact) mass is 245 g/mol. The van der Waals surface area contributed by atoms with Crippen molar-refractivity contribution in [3.8, 4) is 0 Å². The number of rotatable bonds is 2. The van der Waals surface area contributed by atoms with E-state index in [4.69, 9.17) is 0 Å². The molecule has 0 aromatic carbocycles. The summed E-state index contributed by atoms with van der Waals surface area (Å²) in [5.41, 5.74) is 0.655. The van der Waals surface area contributed by atoms with E-state index in [9.17, 15) is 0 Å². The average Bonchev–Trinajstić information content (AvgIpc) is 2.33. The predicted molar refractivity (Wildman–Crippen MR) is 80.0 cm³/mol. The van der Waals surface area contributed by atoms with Crippen molar-refractivity contribution in [2.75, 3.05) is 0 Å². The van der Waals surface area contributed by atoms with Crippen LogP contribution >= 0.6 is 0 Å². The van der Waals surface area contributed by atoms with E-state index in [1.807, 2.05) is 0 Å². The van der Waals surface area contributed by atoms with Crippen molar-refractivity contribution >= 4 is 7.28 Å². The van der Waals surface area contributed by atoms with Crippen LogP contribution in [0.15, 0.2) is 0 Å². The summed E-state index contributed by atoms with van der Waals surface area (Å²) < 4.78 is 0. The van der Waals surface area contributed by atoms with Gasteiger partial charge in [0.05, 0.1) is 0 Å². The van der Waals surface area contributed by atoms with Gasteiger partial charge in [0.1, 0.15) is 7.28 Å². The first-order valence-electron chi connectivity index (χ1n) is 8.35. The Hall–Kier alpha value is 0.0649. The summed E-state index contributed by atoms with van der Waals surface area (Å²) >= 11 is 0. The van der Waals surface area contributed by atoms with E-state index in [0.29, 0.717) is 5.41 Å². The Balaban J connectivity index is 1.61. The second kappa shape index (κ2) is 4.56. The zero-order chi connectivity index (χ0) is 12.9. The van der Waals surface area contributed by atoms with Crippen molar-refractivity contribution in [2.45, 2.75) is 77.9 Å². The largest absolute Gasteiger partial charge is 0.118 e. The van der Waals surface area contributed by atoms with Crippen molar-refractivity contribution in [3.05, 3.63) is 0 Å². The number of fused-ring (bicyclic) bond motifs is 2. The maximum atomic E-state index is 2.81. The Morgan fingerprint density at radius 2 is 1.67 bits per heavy atom. The third kappa shape index (κ3) is 1.97. The standard InChI is InChI=1S/C17H30B/c1-11-7-5-6-8-15(11)18-16-10-13-9-14(12(16)2)17(13,3)4/h11-16H,5-10H2,1-4H3/t11-,12+,13-,14+,15-,16+/m0/s1. The molecule has 4 aliphatic rings. The van der Waals surface area contributed by atoms with Crippen molar-refractivity contribution in [3.63, 3.8) is 0 Å². The maximum Gasteiger partial charge on any atom is 0.118 e. The summed E-state index contributed by atoms with van der Waals surface area (Å²) in [5, 5.41) is 0. The lowest BCUT2D eigenvalue weighted by atomic mass is 9.34. The molecule has 1 radical (unpaired) electrons. The highest BCUT2D eigenvalue weighted by Crippen LogP contribution is 2.65. The third-order valence-electron chi connectivity index (χ3n) is 7.09. The first-order chi connectivity index (χ1) is 8.50. The molecule has 0 aromatic rings. The minimum atomic E-state index is 0.655. The summed E-state index contributed by atoms with van der Waals surface area (Å²) in [4.78, 5) is 0. The van der Waals surface area contributed by atoms with Gasteiger partial charge in [0.15, 0.2) is 0 Å². The molecule has 18 heavy (non-hydrogen) atoms. The van der Waals surface area contributed by atoms with Gasteiger partial charge < -0.3 is 0 Å². The summed E-state index contributed by atoms with van der Waals surface area (Å²) in [6.45, 7) is 10.1. The molecule has 0 saturated heterocycles.